The summed E-state index contributed by atoms with van der Waals surface area (Å²) in [6.45, 7) is 3.46. The molecule has 3 N–H and O–H groups in total. The zero-order valence-corrected chi connectivity index (χ0v) is 12.2. The minimum Gasteiger partial charge on any atom is -0.482 e. The predicted octanol–water partition coefficient (Wildman–Crippen LogP) is 1.31. The Labute approximate surface area is 126 Å². The monoisotopic (exact) mass is 304 g/mol. The average molecular weight is 304 g/mol. The number of rotatable bonds is 3. The second-order valence-electron chi connectivity index (χ2n) is 6.15. The molecule has 1 saturated carbocycles. The number of aliphatic carboxylic acids is 1. The molecular formula is C15H16N2O5. The van der Waals surface area contributed by atoms with Crippen molar-refractivity contribution in [2.45, 2.75) is 13.8 Å². The van der Waals surface area contributed by atoms with Gasteiger partial charge in [0.15, 0.2) is 6.61 Å². The van der Waals surface area contributed by atoms with Crippen LogP contribution in [-0.2, 0) is 14.4 Å². The lowest BCUT2D eigenvalue weighted by Crippen LogP contribution is -2.25. The van der Waals surface area contributed by atoms with Crippen LogP contribution in [0.5, 0.6) is 5.75 Å². The van der Waals surface area contributed by atoms with E-state index in [1.165, 1.54) is 0 Å². The SMILES string of the molecule is CC1(C)[C@H](C(=O)O)[C@@H]1C(=O)Nc1ccc2c(c1)OCC(=O)N2. The molecule has 0 radical (unpaired) electrons. The van der Waals surface area contributed by atoms with E-state index in [0.717, 1.165) is 0 Å². The van der Waals surface area contributed by atoms with Gasteiger partial charge in [0.25, 0.3) is 5.91 Å². The maximum atomic E-state index is 12.2. The first-order chi connectivity index (χ1) is 10.3. The first-order valence-electron chi connectivity index (χ1n) is 6.91. The normalized spacial score (nSPS) is 24.5. The number of amides is 2. The third-order valence-electron chi connectivity index (χ3n) is 4.26. The van der Waals surface area contributed by atoms with Gasteiger partial charge in [0, 0.05) is 11.8 Å². The highest BCUT2D eigenvalue weighted by Gasteiger charge is 2.65. The highest BCUT2D eigenvalue weighted by Crippen LogP contribution is 2.58. The van der Waals surface area contributed by atoms with E-state index in [0.29, 0.717) is 17.1 Å². The molecular weight excluding hydrogens is 288 g/mol. The summed E-state index contributed by atoms with van der Waals surface area (Å²) in [6, 6.07) is 4.88. The molecule has 2 atom stereocenters. The Bertz CT molecular complexity index is 683. The van der Waals surface area contributed by atoms with Gasteiger partial charge in [-0.25, -0.2) is 0 Å². The summed E-state index contributed by atoms with van der Waals surface area (Å²) in [5.74, 6) is -2.25. The van der Waals surface area contributed by atoms with Gasteiger partial charge in [-0.05, 0) is 17.5 Å². The van der Waals surface area contributed by atoms with Crippen molar-refractivity contribution in [3.8, 4) is 5.75 Å². The largest absolute Gasteiger partial charge is 0.482 e. The highest BCUT2D eigenvalue weighted by atomic mass is 16.5. The minimum absolute atomic E-state index is 0.0683. The molecule has 3 rings (SSSR count). The van der Waals surface area contributed by atoms with Crippen LogP contribution in [0.3, 0.4) is 0 Å². The van der Waals surface area contributed by atoms with E-state index in [1.807, 2.05) is 0 Å². The van der Waals surface area contributed by atoms with Gasteiger partial charge in [-0.3, -0.25) is 14.4 Å². The molecule has 1 aliphatic carbocycles. The van der Waals surface area contributed by atoms with Gasteiger partial charge in [-0.15, -0.1) is 0 Å². The van der Waals surface area contributed by atoms with Crippen molar-refractivity contribution in [3.05, 3.63) is 18.2 Å². The summed E-state index contributed by atoms with van der Waals surface area (Å²) in [7, 11) is 0. The second kappa shape index (κ2) is 4.72. The number of benzene rings is 1. The Morgan fingerprint density at radius 1 is 1.36 bits per heavy atom. The average Bonchev–Trinajstić information content (AvgIpc) is 3.02. The zero-order valence-electron chi connectivity index (χ0n) is 12.2. The van der Waals surface area contributed by atoms with Crippen LogP contribution in [0, 0.1) is 17.3 Å². The fourth-order valence-corrected chi connectivity index (χ4v) is 2.96. The predicted molar refractivity (Wildman–Crippen MR) is 77.6 cm³/mol. The molecule has 7 heteroatoms. The number of anilines is 2. The van der Waals surface area contributed by atoms with Crippen LogP contribution in [0.15, 0.2) is 18.2 Å². The number of hydrogen-bond acceptors (Lipinski definition) is 4. The molecule has 1 aromatic rings. The van der Waals surface area contributed by atoms with E-state index in [-0.39, 0.29) is 18.4 Å². The Balaban J connectivity index is 1.73. The lowest BCUT2D eigenvalue weighted by molar-refractivity contribution is -0.140. The number of fused-ring (bicyclic) bond motifs is 1. The Kier molecular flexibility index (Phi) is 3.09. The Morgan fingerprint density at radius 3 is 2.73 bits per heavy atom. The van der Waals surface area contributed by atoms with E-state index in [2.05, 4.69) is 10.6 Å². The van der Waals surface area contributed by atoms with Crippen LogP contribution in [0.4, 0.5) is 11.4 Å². The zero-order chi connectivity index (χ0) is 16.1. The van der Waals surface area contributed by atoms with E-state index in [9.17, 15) is 14.4 Å². The quantitative estimate of drug-likeness (QED) is 0.781. The summed E-state index contributed by atoms with van der Waals surface area (Å²) in [6.07, 6.45) is 0. The molecule has 0 bridgehead atoms. The first-order valence-corrected chi connectivity index (χ1v) is 6.91. The van der Waals surface area contributed by atoms with Crippen molar-refractivity contribution in [1.82, 2.24) is 0 Å². The molecule has 0 aromatic heterocycles. The molecule has 7 nitrogen and oxygen atoms in total. The van der Waals surface area contributed by atoms with Gasteiger partial charge >= 0.3 is 5.97 Å². The molecule has 1 aromatic carbocycles. The number of carboxylic acids is 1. The smallest absolute Gasteiger partial charge is 0.307 e. The molecule has 2 aliphatic rings. The fraction of sp³-hybridized carbons (Fsp3) is 0.400. The molecule has 1 aliphatic heterocycles. The van der Waals surface area contributed by atoms with Crippen LogP contribution in [-0.4, -0.2) is 29.5 Å². The molecule has 1 heterocycles. The van der Waals surface area contributed by atoms with Gasteiger partial charge in [0.05, 0.1) is 17.5 Å². The number of hydrogen-bond donors (Lipinski definition) is 3. The van der Waals surface area contributed by atoms with E-state index in [4.69, 9.17) is 9.84 Å². The van der Waals surface area contributed by atoms with Crippen molar-refractivity contribution in [3.63, 3.8) is 0 Å². The molecule has 22 heavy (non-hydrogen) atoms. The Hall–Kier alpha value is -2.57. The van der Waals surface area contributed by atoms with Crippen molar-refractivity contribution < 1.29 is 24.2 Å². The van der Waals surface area contributed by atoms with Crippen LogP contribution in [0.25, 0.3) is 0 Å². The minimum atomic E-state index is -0.957. The molecule has 2 amide bonds. The standard InChI is InChI=1S/C15H16N2O5/c1-15(2)11(12(15)14(20)21)13(19)16-7-3-4-8-9(5-7)22-6-10(18)17-8/h3-5,11-12H,6H2,1-2H3,(H,16,19)(H,17,18)(H,20,21)/t11-,12+/m1/s1. The van der Waals surface area contributed by atoms with Gasteiger partial charge < -0.3 is 20.5 Å². The third kappa shape index (κ3) is 2.28. The van der Waals surface area contributed by atoms with E-state index < -0.39 is 23.2 Å². The summed E-state index contributed by atoms with van der Waals surface area (Å²) in [5, 5.41) is 14.5. The van der Waals surface area contributed by atoms with E-state index in [1.54, 1.807) is 32.0 Å². The number of ether oxygens (including phenoxy) is 1. The van der Waals surface area contributed by atoms with Gasteiger partial charge in [0.2, 0.25) is 5.91 Å². The molecule has 0 saturated heterocycles. The van der Waals surface area contributed by atoms with Gasteiger partial charge in [-0.2, -0.15) is 0 Å². The Morgan fingerprint density at radius 2 is 2.09 bits per heavy atom. The fourth-order valence-electron chi connectivity index (χ4n) is 2.96. The summed E-state index contributed by atoms with van der Waals surface area (Å²) in [4.78, 5) is 34.6. The molecule has 1 fully saturated rings. The maximum Gasteiger partial charge on any atom is 0.307 e. The van der Waals surface area contributed by atoms with Crippen molar-refractivity contribution in [2.24, 2.45) is 17.3 Å². The van der Waals surface area contributed by atoms with Crippen molar-refractivity contribution >= 4 is 29.2 Å². The summed E-state index contributed by atoms with van der Waals surface area (Å²) in [5.41, 5.74) is 0.505. The van der Waals surface area contributed by atoms with Crippen LogP contribution in [0.2, 0.25) is 0 Å². The summed E-state index contributed by atoms with van der Waals surface area (Å²) < 4.78 is 5.28. The van der Waals surface area contributed by atoms with Crippen LogP contribution >= 0.6 is 0 Å². The number of carboxylic acid groups (broad SMARTS) is 1. The van der Waals surface area contributed by atoms with E-state index >= 15 is 0 Å². The van der Waals surface area contributed by atoms with Crippen LogP contribution in [0.1, 0.15) is 13.8 Å². The third-order valence-corrected chi connectivity index (χ3v) is 4.26. The van der Waals surface area contributed by atoms with Crippen molar-refractivity contribution in [1.29, 1.82) is 0 Å². The van der Waals surface area contributed by atoms with Gasteiger partial charge in [-0.1, -0.05) is 13.8 Å². The topological polar surface area (TPSA) is 105 Å². The van der Waals surface area contributed by atoms with Crippen LogP contribution < -0.4 is 15.4 Å². The second-order valence-corrected chi connectivity index (χ2v) is 6.15. The maximum absolute atomic E-state index is 12.2. The lowest BCUT2D eigenvalue weighted by Gasteiger charge is -2.18. The molecule has 0 spiro atoms. The summed E-state index contributed by atoms with van der Waals surface area (Å²) >= 11 is 0. The van der Waals surface area contributed by atoms with Gasteiger partial charge in [0.1, 0.15) is 5.75 Å². The highest BCUT2D eigenvalue weighted by molar-refractivity contribution is 6.01. The molecule has 116 valence electrons. The number of carbonyl (C=O) groups is 3. The van der Waals surface area contributed by atoms with Crippen molar-refractivity contribution in [2.75, 3.05) is 17.2 Å². The lowest BCUT2D eigenvalue weighted by atomic mass is 10.1. The number of nitrogens with one attached hydrogen (secondary N) is 2. The number of carbonyl (C=O) groups excluding carboxylic acids is 2. The molecule has 0 unspecified atom stereocenters. The first kappa shape index (κ1) is 14.4.